The van der Waals surface area contributed by atoms with Gasteiger partial charge in [-0.1, -0.05) is 19.3 Å². The standard InChI is InChI=1S/C14H25N3/c1-12(15)6-5-7-13-10-11-17(16-13)14-8-3-2-4-9-14/h10-12,14H,2-9,15H2,1H3. The maximum atomic E-state index is 5.75. The molecule has 0 saturated heterocycles. The molecule has 0 bridgehead atoms. The lowest BCUT2D eigenvalue weighted by molar-refractivity contribution is 0.328. The fraction of sp³-hybridized carbons (Fsp3) is 0.786. The van der Waals surface area contributed by atoms with E-state index in [1.165, 1.54) is 37.8 Å². The number of aromatic nitrogens is 2. The second kappa shape index (κ2) is 6.20. The molecular formula is C14H25N3. The van der Waals surface area contributed by atoms with Crippen LogP contribution in [0.25, 0.3) is 0 Å². The van der Waals surface area contributed by atoms with Crippen molar-refractivity contribution >= 4 is 0 Å². The molecule has 1 heterocycles. The van der Waals surface area contributed by atoms with Gasteiger partial charge in [0.2, 0.25) is 0 Å². The van der Waals surface area contributed by atoms with Gasteiger partial charge in [-0.25, -0.2) is 0 Å². The summed E-state index contributed by atoms with van der Waals surface area (Å²) in [5.41, 5.74) is 6.99. The third-order valence-electron chi connectivity index (χ3n) is 3.70. The molecule has 0 aliphatic heterocycles. The van der Waals surface area contributed by atoms with E-state index >= 15 is 0 Å². The van der Waals surface area contributed by atoms with Gasteiger partial charge >= 0.3 is 0 Å². The monoisotopic (exact) mass is 235 g/mol. The van der Waals surface area contributed by atoms with Gasteiger partial charge in [-0.05, 0) is 45.1 Å². The summed E-state index contributed by atoms with van der Waals surface area (Å²) in [6, 6.07) is 3.15. The van der Waals surface area contributed by atoms with Gasteiger partial charge in [-0.15, -0.1) is 0 Å². The van der Waals surface area contributed by atoms with Gasteiger partial charge in [0.25, 0.3) is 0 Å². The highest BCUT2D eigenvalue weighted by molar-refractivity contribution is 5.00. The van der Waals surface area contributed by atoms with E-state index in [-0.39, 0.29) is 0 Å². The Morgan fingerprint density at radius 3 is 2.88 bits per heavy atom. The Bertz CT molecular complexity index is 324. The summed E-state index contributed by atoms with van der Waals surface area (Å²) in [6.45, 7) is 2.07. The lowest BCUT2D eigenvalue weighted by Gasteiger charge is -2.21. The molecule has 0 amide bonds. The fourth-order valence-electron chi connectivity index (χ4n) is 2.66. The summed E-state index contributed by atoms with van der Waals surface area (Å²) in [7, 11) is 0. The number of aryl methyl sites for hydroxylation is 1. The smallest absolute Gasteiger partial charge is 0.0624 e. The summed E-state index contributed by atoms with van der Waals surface area (Å²) < 4.78 is 2.19. The summed E-state index contributed by atoms with van der Waals surface area (Å²) in [5.74, 6) is 0. The van der Waals surface area contributed by atoms with Crippen LogP contribution in [-0.2, 0) is 6.42 Å². The molecule has 0 radical (unpaired) electrons. The first kappa shape index (κ1) is 12.6. The topological polar surface area (TPSA) is 43.8 Å². The van der Waals surface area contributed by atoms with E-state index < -0.39 is 0 Å². The molecule has 1 unspecified atom stereocenters. The molecule has 3 heteroatoms. The van der Waals surface area contributed by atoms with Crippen molar-refractivity contribution in [3.8, 4) is 0 Å². The zero-order valence-electron chi connectivity index (χ0n) is 10.9. The molecule has 3 nitrogen and oxygen atoms in total. The van der Waals surface area contributed by atoms with Crippen LogP contribution in [-0.4, -0.2) is 15.8 Å². The van der Waals surface area contributed by atoms with Gasteiger partial charge in [0.15, 0.2) is 0 Å². The van der Waals surface area contributed by atoms with Crippen molar-refractivity contribution in [3.05, 3.63) is 18.0 Å². The van der Waals surface area contributed by atoms with Crippen molar-refractivity contribution in [1.29, 1.82) is 0 Å². The van der Waals surface area contributed by atoms with E-state index in [4.69, 9.17) is 10.8 Å². The molecule has 1 fully saturated rings. The van der Waals surface area contributed by atoms with Crippen molar-refractivity contribution in [3.63, 3.8) is 0 Å². The second-order valence-corrected chi connectivity index (χ2v) is 5.45. The summed E-state index contributed by atoms with van der Waals surface area (Å²) >= 11 is 0. The lowest BCUT2D eigenvalue weighted by Crippen LogP contribution is -2.15. The van der Waals surface area contributed by atoms with Gasteiger partial charge in [-0.3, -0.25) is 4.68 Å². The van der Waals surface area contributed by atoms with Crippen molar-refractivity contribution < 1.29 is 0 Å². The van der Waals surface area contributed by atoms with Crippen LogP contribution in [0.3, 0.4) is 0 Å². The Morgan fingerprint density at radius 1 is 1.41 bits per heavy atom. The van der Waals surface area contributed by atoms with Crippen molar-refractivity contribution in [2.75, 3.05) is 0 Å². The molecule has 17 heavy (non-hydrogen) atoms. The van der Waals surface area contributed by atoms with Crippen LogP contribution in [0.5, 0.6) is 0 Å². The normalized spacial score (nSPS) is 19.4. The van der Waals surface area contributed by atoms with Crippen LogP contribution in [0.2, 0.25) is 0 Å². The SMILES string of the molecule is CC(N)CCCc1ccn(C2CCCCC2)n1. The van der Waals surface area contributed by atoms with E-state index in [1.54, 1.807) is 0 Å². The quantitative estimate of drug-likeness (QED) is 0.852. The molecule has 1 saturated carbocycles. The zero-order chi connectivity index (χ0) is 12.1. The molecule has 0 aromatic carbocycles. The Kier molecular flexibility index (Phi) is 4.60. The number of nitrogens with zero attached hydrogens (tertiary/aromatic N) is 2. The molecule has 1 aliphatic rings. The number of hydrogen-bond donors (Lipinski definition) is 1. The van der Waals surface area contributed by atoms with Crippen molar-refractivity contribution in [2.45, 2.75) is 70.4 Å². The molecule has 2 rings (SSSR count). The minimum Gasteiger partial charge on any atom is -0.328 e. The third kappa shape index (κ3) is 3.84. The van der Waals surface area contributed by atoms with E-state index in [0.29, 0.717) is 12.1 Å². The maximum absolute atomic E-state index is 5.75. The first-order valence-electron chi connectivity index (χ1n) is 7.05. The maximum Gasteiger partial charge on any atom is 0.0624 e. The highest BCUT2D eigenvalue weighted by atomic mass is 15.3. The largest absolute Gasteiger partial charge is 0.328 e. The van der Waals surface area contributed by atoms with Crippen LogP contribution < -0.4 is 5.73 Å². The number of rotatable bonds is 5. The van der Waals surface area contributed by atoms with Gasteiger partial charge in [0.05, 0.1) is 11.7 Å². The van der Waals surface area contributed by atoms with Gasteiger partial charge in [0.1, 0.15) is 0 Å². The van der Waals surface area contributed by atoms with Gasteiger partial charge in [-0.2, -0.15) is 5.10 Å². The molecule has 1 aromatic heterocycles. The molecule has 1 atom stereocenters. The number of hydrogen-bond acceptors (Lipinski definition) is 2. The first-order chi connectivity index (χ1) is 8.25. The Hall–Kier alpha value is -0.830. The zero-order valence-corrected chi connectivity index (χ0v) is 10.9. The minimum atomic E-state index is 0.315. The molecule has 1 aromatic rings. The highest BCUT2D eigenvalue weighted by Gasteiger charge is 2.15. The average Bonchev–Trinajstić information content (AvgIpc) is 2.78. The van der Waals surface area contributed by atoms with E-state index in [2.05, 4.69) is 23.9 Å². The molecular weight excluding hydrogens is 210 g/mol. The molecule has 2 N–H and O–H groups in total. The van der Waals surface area contributed by atoms with Crippen LogP contribution >= 0.6 is 0 Å². The van der Waals surface area contributed by atoms with Crippen LogP contribution in [0.1, 0.15) is 63.6 Å². The summed E-state index contributed by atoms with van der Waals surface area (Å²) in [6.07, 6.45) is 12.2. The minimum absolute atomic E-state index is 0.315. The van der Waals surface area contributed by atoms with Crippen LogP contribution in [0, 0.1) is 0 Å². The van der Waals surface area contributed by atoms with Crippen LogP contribution in [0.15, 0.2) is 12.3 Å². The van der Waals surface area contributed by atoms with Crippen LogP contribution in [0.4, 0.5) is 0 Å². The Balaban J connectivity index is 1.82. The van der Waals surface area contributed by atoms with E-state index in [0.717, 1.165) is 19.3 Å². The van der Waals surface area contributed by atoms with Crippen molar-refractivity contribution in [2.24, 2.45) is 5.73 Å². The highest BCUT2D eigenvalue weighted by Crippen LogP contribution is 2.27. The van der Waals surface area contributed by atoms with Gasteiger partial charge in [0, 0.05) is 12.2 Å². The Morgan fingerprint density at radius 2 is 2.18 bits per heavy atom. The molecule has 96 valence electrons. The van der Waals surface area contributed by atoms with E-state index in [1.807, 2.05) is 0 Å². The molecule has 0 spiro atoms. The average molecular weight is 235 g/mol. The predicted octanol–water partition coefficient (Wildman–Crippen LogP) is 3.06. The fourth-order valence-corrected chi connectivity index (χ4v) is 2.66. The first-order valence-corrected chi connectivity index (χ1v) is 7.05. The van der Waals surface area contributed by atoms with Gasteiger partial charge < -0.3 is 5.73 Å². The summed E-state index contributed by atoms with van der Waals surface area (Å²) in [5, 5.41) is 4.71. The number of nitrogens with two attached hydrogens (primary N) is 1. The predicted molar refractivity (Wildman–Crippen MR) is 70.9 cm³/mol. The van der Waals surface area contributed by atoms with Crippen molar-refractivity contribution in [1.82, 2.24) is 9.78 Å². The Labute approximate surface area is 104 Å². The summed E-state index contributed by atoms with van der Waals surface area (Å²) in [4.78, 5) is 0. The van der Waals surface area contributed by atoms with E-state index in [9.17, 15) is 0 Å². The molecule has 1 aliphatic carbocycles. The second-order valence-electron chi connectivity index (χ2n) is 5.45. The third-order valence-corrected chi connectivity index (χ3v) is 3.70. The lowest BCUT2D eigenvalue weighted by atomic mass is 9.96.